The Morgan fingerprint density at radius 2 is 2.00 bits per heavy atom. The van der Waals surface area contributed by atoms with Gasteiger partial charge in [-0.1, -0.05) is 19.8 Å². The summed E-state index contributed by atoms with van der Waals surface area (Å²) >= 11 is 0. The second-order valence-corrected chi connectivity index (χ2v) is 5.38. The van der Waals surface area contributed by atoms with Crippen LogP contribution in [0.2, 0.25) is 0 Å². The highest BCUT2D eigenvalue weighted by Gasteiger charge is 2.26. The van der Waals surface area contributed by atoms with Crippen LogP contribution in [0.15, 0.2) is 12.1 Å². The fraction of sp³-hybridized carbons (Fsp3) is 0.533. The summed E-state index contributed by atoms with van der Waals surface area (Å²) in [5.41, 5.74) is 4.77. The number of nitrogens with zero attached hydrogens (tertiary/aromatic N) is 1. The van der Waals surface area contributed by atoms with E-state index in [0.717, 1.165) is 37.8 Å². The summed E-state index contributed by atoms with van der Waals surface area (Å²) in [6.07, 6.45) is 4.13. The molecule has 0 bridgehead atoms. The van der Waals surface area contributed by atoms with E-state index >= 15 is 0 Å². The van der Waals surface area contributed by atoms with Crippen LogP contribution >= 0.6 is 0 Å². The Kier molecular flexibility index (Phi) is 4.57. The highest BCUT2D eigenvalue weighted by Crippen LogP contribution is 2.25. The SMILES string of the molecule is CCCC1CCN(C(=O)c2cc(F)cc(N)c2F)CC1. The number of hydrogen-bond donors (Lipinski definition) is 1. The van der Waals surface area contributed by atoms with Gasteiger partial charge >= 0.3 is 0 Å². The number of nitrogens with two attached hydrogens (primary N) is 1. The van der Waals surface area contributed by atoms with Crippen LogP contribution in [0.1, 0.15) is 43.0 Å². The lowest BCUT2D eigenvalue weighted by Gasteiger charge is -2.32. The van der Waals surface area contributed by atoms with E-state index in [1.165, 1.54) is 0 Å². The second-order valence-electron chi connectivity index (χ2n) is 5.38. The van der Waals surface area contributed by atoms with Crippen LogP contribution in [0.5, 0.6) is 0 Å². The van der Waals surface area contributed by atoms with Gasteiger partial charge in [-0.05, 0) is 30.9 Å². The molecule has 0 unspecified atom stereocenters. The molecular weight excluding hydrogens is 262 g/mol. The van der Waals surface area contributed by atoms with Crippen LogP contribution in [0.3, 0.4) is 0 Å². The first-order valence-electron chi connectivity index (χ1n) is 7.06. The van der Waals surface area contributed by atoms with Crippen LogP contribution in [0.25, 0.3) is 0 Å². The van der Waals surface area contributed by atoms with Gasteiger partial charge in [0.2, 0.25) is 0 Å². The standard InChI is InChI=1S/C15H20F2N2O/c1-2-3-10-4-6-19(7-5-10)15(20)12-8-11(16)9-13(18)14(12)17/h8-10H,2-7,18H2,1H3. The van der Waals surface area contributed by atoms with E-state index in [4.69, 9.17) is 5.73 Å². The molecule has 1 fully saturated rings. The lowest BCUT2D eigenvalue weighted by molar-refractivity contribution is 0.0681. The maximum absolute atomic E-state index is 13.8. The van der Waals surface area contributed by atoms with Crippen molar-refractivity contribution in [1.82, 2.24) is 4.90 Å². The molecule has 0 spiro atoms. The first-order chi connectivity index (χ1) is 9.52. The van der Waals surface area contributed by atoms with Crippen molar-refractivity contribution in [2.24, 2.45) is 5.92 Å². The topological polar surface area (TPSA) is 46.3 Å². The van der Waals surface area contributed by atoms with Crippen molar-refractivity contribution in [3.05, 3.63) is 29.3 Å². The molecule has 0 radical (unpaired) electrons. The maximum Gasteiger partial charge on any atom is 0.257 e. The minimum atomic E-state index is -0.827. The van der Waals surface area contributed by atoms with Crippen molar-refractivity contribution in [2.75, 3.05) is 18.8 Å². The number of likely N-dealkylation sites (tertiary alicyclic amines) is 1. The molecule has 3 nitrogen and oxygen atoms in total. The molecular formula is C15H20F2N2O. The van der Waals surface area contributed by atoms with Crippen LogP contribution < -0.4 is 5.73 Å². The molecule has 1 aliphatic rings. The van der Waals surface area contributed by atoms with Gasteiger partial charge < -0.3 is 10.6 Å². The van der Waals surface area contributed by atoms with Gasteiger partial charge in [0.15, 0.2) is 5.82 Å². The van der Waals surface area contributed by atoms with Gasteiger partial charge in [0.1, 0.15) is 5.82 Å². The van der Waals surface area contributed by atoms with Gasteiger partial charge in [0.25, 0.3) is 5.91 Å². The highest BCUT2D eigenvalue weighted by atomic mass is 19.1. The van der Waals surface area contributed by atoms with Gasteiger partial charge in [-0.15, -0.1) is 0 Å². The summed E-state index contributed by atoms with van der Waals surface area (Å²) in [7, 11) is 0. The Hall–Kier alpha value is -1.65. The predicted octanol–water partition coefficient (Wildman–Crippen LogP) is 3.20. The summed E-state index contributed by atoms with van der Waals surface area (Å²) in [6, 6.07) is 1.81. The molecule has 20 heavy (non-hydrogen) atoms. The zero-order valence-electron chi connectivity index (χ0n) is 11.7. The number of halogens is 2. The van der Waals surface area contributed by atoms with Crippen LogP contribution in [-0.4, -0.2) is 23.9 Å². The van der Waals surface area contributed by atoms with Gasteiger partial charge in [-0.2, -0.15) is 0 Å². The third kappa shape index (κ3) is 3.08. The van der Waals surface area contributed by atoms with Crippen molar-refractivity contribution >= 4 is 11.6 Å². The number of carbonyl (C=O) groups excluding carboxylic acids is 1. The van der Waals surface area contributed by atoms with Crippen molar-refractivity contribution in [3.63, 3.8) is 0 Å². The van der Waals surface area contributed by atoms with Gasteiger partial charge in [-0.3, -0.25) is 4.79 Å². The normalized spacial score (nSPS) is 16.4. The van der Waals surface area contributed by atoms with Crippen LogP contribution in [-0.2, 0) is 0 Å². The van der Waals surface area contributed by atoms with Crippen molar-refractivity contribution < 1.29 is 13.6 Å². The molecule has 0 atom stereocenters. The zero-order valence-corrected chi connectivity index (χ0v) is 11.7. The van der Waals surface area contributed by atoms with Crippen molar-refractivity contribution in [2.45, 2.75) is 32.6 Å². The first-order valence-corrected chi connectivity index (χ1v) is 7.06. The van der Waals surface area contributed by atoms with Gasteiger partial charge in [0, 0.05) is 13.1 Å². The molecule has 1 heterocycles. The molecule has 0 aliphatic carbocycles. The molecule has 2 rings (SSSR count). The number of nitrogen functional groups attached to an aromatic ring is 1. The smallest absolute Gasteiger partial charge is 0.257 e. The Bertz CT molecular complexity index is 497. The molecule has 0 aromatic heterocycles. The minimum absolute atomic E-state index is 0.267. The molecule has 5 heteroatoms. The molecule has 1 aromatic carbocycles. The largest absolute Gasteiger partial charge is 0.396 e. The Morgan fingerprint density at radius 1 is 1.35 bits per heavy atom. The third-order valence-corrected chi connectivity index (χ3v) is 3.89. The summed E-state index contributed by atoms with van der Waals surface area (Å²) < 4.78 is 27.1. The molecule has 110 valence electrons. The maximum atomic E-state index is 13.8. The number of benzene rings is 1. The van der Waals surface area contributed by atoms with E-state index in [-0.39, 0.29) is 11.3 Å². The quantitative estimate of drug-likeness (QED) is 0.865. The van der Waals surface area contributed by atoms with E-state index < -0.39 is 17.5 Å². The molecule has 1 amide bonds. The van der Waals surface area contributed by atoms with Gasteiger partial charge in [0.05, 0.1) is 11.3 Å². The zero-order chi connectivity index (χ0) is 14.7. The Labute approximate surface area is 117 Å². The number of rotatable bonds is 3. The highest BCUT2D eigenvalue weighted by molar-refractivity contribution is 5.95. The Balaban J connectivity index is 2.09. The lowest BCUT2D eigenvalue weighted by Crippen LogP contribution is -2.39. The second kappa shape index (κ2) is 6.20. The summed E-state index contributed by atoms with van der Waals surface area (Å²) in [6.45, 7) is 3.33. The summed E-state index contributed by atoms with van der Waals surface area (Å²) in [5, 5.41) is 0. The average molecular weight is 282 g/mol. The van der Waals surface area contributed by atoms with Gasteiger partial charge in [-0.25, -0.2) is 8.78 Å². The van der Waals surface area contributed by atoms with E-state index in [1.807, 2.05) is 0 Å². The van der Waals surface area contributed by atoms with Crippen molar-refractivity contribution in [1.29, 1.82) is 0 Å². The average Bonchev–Trinajstić information content (AvgIpc) is 2.43. The van der Waals surface area contributed by atoms with Crippen LogP contribution in [0, 0.1) is 17.6 Å². The monoisotopic (exact) mass is 282 g/mol. The Morgan fingerprint density at radius 3 is 2.60 bits per heavy atom. The van der Waals surface area contributed by atoms with Crippen molar-refractivity contribution in [3.8, 4) is 0 Å². The van der Waals surface area contributed by atoms with E-state index in [0.29, 0.717) is 19.0 Å². The summed E-state index contributed by atoms with van der Waals surface area (Å²) in [5.74, 6) is -1.35. The first kappa shape index (κ1) is 14.8. The molecule has 0 saturated carbocycles. The van der Waals surface area contributed by atoms with E-state index in [2.05, 4.69) is 6.92 Å². The van der Waals surface area contributed by atoms with E-state index in [9.17, 15) is 13.6 Å². The minimum Gasteiger partial charge on any atom is -0.396 e. The van der Waals surface area contributed by atoms with Crippen LogP contribution in [0.4, 0.5) is 14.5 Å². The summed E-state index contributed by atoms with van der Waals surface area (Å²) in [4.78, 5) is 13.8. The number of hydrogen-bond acceptors (Lipinski definition) is 2. The molecule has 2 N–H and O–H groups in total. The van der Waals surface area contributed by atoms with E-state index in [1.54, 1.807) is 4.90 Å². The predicted molar refractivity (Wildman–Crippen MR) is 74.3 cm³/mol. The lowest BCUT2D eigenvalue weighted by atomic mass is 9.92. The number of anilines is 1. The third-order valence-electron chi connectivity index (χ3n) is 3.89. The molecule has 1 aliphatic heterocycles. The molecule has 1 saturated heterocycles. The fourth-order valence-electron chi connectivity index (χ4n) is 2.77. The number of piperidine rings is 1. The fourth-order valence-corrected chi connectivity index (χ4v) is 2.77. The number of carbonyl (C=O) groups is 1. The number of amides is 1. The molecule has 1 aromatic rings.